The van der Waals surface area contributed by atoms with E-state index in [0.717, 1.165) is 16.5 Å². The Balaban J connectivity index is 1.61. The molecule has 118 valence electrons. The van der Waals surface area contributed by atoms with E-state index >= 15 is 0 Å². The van der Waals surface area contributed by atoms with E-state index in [1.165, 1.54) is 0 Å². The quantitative estimate of drug-likeness (QED) is 0.754. The van der Waals surface area contributed by atoms with E-state index in [1.807, 2.05) is 30.3 Å². The minimum absolute atomic E-state index is 0.0398. The van der Waals surface area contributed by atoms with Crippen molar-refractivity contribution in [2.24, 2.45) is 0 Å². The number of rotatable bonds is 8. The molecule has 1 heterocycles. The lowest BCUT2D eigenvalue weighted by Gasteiger charge is -2.06. The highest BCUT2D eigenvalue weighted by molar-refractivity contribution is 7.09. The molecule has 0 spiro atoms. The van der Waals surface area contributed by atoms with Gasteiger partial charge in [-0.2, -0.15) is 0 Å². The molecule has 0 saturated heterocycles. The van der Waals surface area contributed by atoms with Gasteiger partial charge in [-0.25, -0.2) is 4.98 Å². The van der Waals surface area contributed by atoms with Crippen molar-refractivity contribution in [2.75, 3.05) is 6.61 Å². The largest absolute Gasteiger partial charge is 0.494 e. The highest BCUT2D eigenvalue weighted by Gasteiger charge is 2.07. The van der Waals surface area contributed by atoms with Crippen LogP contribution in [0.25, 0.3) is 0 Å². The van der Waals surface area contributed by atoms with Crippen LogP contribution in [0, 0.1) is 0 Å². The lowest BCUT2D eigenvalue weighted by atomic mass is 10.2. The number of carbonyl (C=O) groups is 1. The molecular weight excluding hydrogens is 296 g/mol. The Morgan fingerprint density at radius 2 is 2.09 bits per heavy atom. The Bertz CT molecular complexity index is 581. The molecule has 0 aliphatic heterocycles. The fourth-order valence-corrected chi connectivity index (χ4v) is 2.77. The number of hydrogen-bond donors (Lipinski definition) is 1. The van der Waals surface area contributed by atoms with Crippen molar-refractivity contribution in [2.45, 2.75) is 39.2 Å². The predicted molar refractivity (Wildman–Crippen MR) is 89.2 cm³/mol. The second kappa shape index (κ2) is 8.54. The van der Waals surface area contributed by atoms with E-state index in [2.05, 4.69) is 29.5 Å². The first-order valence-electron chi connectivity index (χ1n) is 7.54. The Morgan fingerprint density at radius 1 is 1.32 bits per heavy atom. The maximum absolute atomic E-state index is 11.8. The third-order valence-corrected chi connectivity index (χ3v) is 4.02. The smallest absolute Gasteiger partial charge is 0.220 e. The summed E-state index contributed by atoms with van der Waals surface area (Å²) in [6.45, 7) is 5.29. The van der Waals surface area contributed by atoms with E-state index < -0.39 is 0 Å². The number of amides is 1. The van der Waals surface area contributed by atoms with Gasteiger partial charge in [-0.3, -0.25) is 4.79 Å². The Kier molecular flexibility index (Phi) is 6.40. The van der Waals surface area contributed by atoms with Crippen molar-refractivity contribution >= 4 is 17.2 Å². The van der Waals surface area contributed by atoms with Gasteiger partial charge in [0.1, 0.15) is 10.8 Å². The summed E-state index contributed by atoms with van der Waals surface area (Å²) in [5, 5.41) is 5.91. The zero-order valence-electron chi connectivity index (χ0n) is 13.0. The number of nitrogens with zero attached hydrogens (tertiary/aromatic N) is 1. The molecule has 0 unspecified atom stereocenters. The second-order valence-corrected chi connectivity index (χ2v) is 6.31. The monoisotopic (exact) mass is 318 g/mol. The summed E-state index contributed by atoms with van der Waals surface area (Å²) >= 11 is 1.59. The standard InChI is InChI=1S/C17H22N2O2S/c1-13(2)15-12-22-17(19-15)11-18-16(20)9-6-10-21-14-7-4-3-5-8-14/h3-5,7-8,12-13H,6,9-11H2,1-2H3,(H,18,20). The number of carbonyl (C=O) groups excluding carboxylic acids is 1. The van der Waals surface area contributed by atoms with Crippen LogP contribution >= 0.6 is 11.3 Å². The first-order valence-corrected chi connectivity index (χ1v) is 8.42. The fraction of sp³-hybridized carbons (Fsp3) is 0.412. The van der Waals surface area contributed by atoms with Gasteiger partial charge in [0.05, 0.1) is 18.8 Å². The predicted octanol–water partition coefficient (Wildman–Crippen LogP) is 3.74. The summed E-state index contributed by atoms with van der Waals surface area (Å²) < 4.78 is 5.56. The number of ether oxygens (including phenoxy) is 1. The van der Waals surface area contributed by atoms with Crippen LogP contribution < -0.4 is 10.1 Å². The first-order chi connectivity index (χ1) is 10.6. The van der Waals surface area contributed by atoms with Crippen LogP contribution in [0.5, 0.6) is 5.75 Å². The molecule has 1 aromatic heterocycles. The van der Waals surface area contributed by atoms with Gasteiger partial charge in [0, 0.05) is 11.8 Å². The zero-order chi connectivity index (χ0) is 15.8. The van der Waals surface area contributed by atoms with E-state index in [4.69, 9.17) is 4.74 Å². The van der Waals surface area contributed by atoms with Crippen LogP contribution in [-0.2, 0) is 11.3 Å². The highest BCUT2D eigenvalue weighted by Crippen LogP contribution is 2.17. The van der Waals surface area contributed by atoms with E-state index in [9.17, 15) is 4.79 Å². The van der Waals surface area contributed by atoms with E-state index in [-0.39, 0.29) is 5.91 Å². The molecule has 1 aromatic carbocycles. The third kappa shape index (κ3) is 5.48. The lowest BCUT2D eigenvalue weighted by molar-refractivity contribution is -0.121. The van der Waals surface area contributed by atoms with Crippen molar-refractivity contribution in [3.8, 4) is 5.75 Å². The molecule has 0 aliphatic carbocycles. The Morgan fingerprint density at radius 3 is 2.77 bits per heavy atom. The second-order valence-electron chi connectivity index (χ2n) is 5.36. The molecule has 1 N–H and O–H groups in total. The maximum atomic E-state index is 11.8. The van der Waals surface area contributed by atoms with Crippen LogP contribution in [0.4, 0.5) is 0 Å². The summed E-state index contributed by atoms with van der Waals surface area (Å²) in [5.74, 6) is 1.31. The Labute approximate surface area is 135 Å². The SMILES string of the molecule is CC(C)c1csc(CNC(=O)CCCOc2ccccc2)n1. The van der Waals surface area contributed by atoms with E-state index in [1.54, 1.807) is 11.3 Å². The lowest BCUT2D eigenvalue weighted by Crippen LogP contribution is -2.22. The van der Waals surface area contributed by atoms with Gasteiger partial charge in [-0.05, 0) is 24.5 Å². The molecule has 0 radical (unpaired) electrons. The van der Waals surface area contributed by atoms with Crippen molar-refractivity contribution < 1.29 is 9.53 Å². The van der Waals surface area contributed by atoms with E-state index in [0.29, 0.717) is 31.9 Å². The van der Waals surface area contributed by atoms with Crippen LogP contribution in [0.2, 0.25) is 0 Å². The summed E-state index contributed by atoms with van der Waals surface area (Å²) in [6, 6.07) is 9.64. The molecule has 22 heavy (non-hydrogen) atoms. The van der Waals surface area contributed by atoms with Crippen molar-refractivity contribution in [3.05, 3.63) is 46.4 Å². The van der Waals surface area contributed by atoms with Gasteiger partial charge in [-0.1, -0.05) is 32.0 Å². The molecule has 0 atom stereocenters. The molecule has 1 amide bonds. The number of nitrogens with one attached hydrogen (secondary N) is 1. The van der Waals surface area contributed by atoms with Crippen LogP contribution in [0.15, 0.2) is 35.7 Å². The number of benzene rings is 1. The normalized spacial score (nSPS) is 10.7. The van der Waals surface area contributed by atoms with Gasteiger partial charge in [0.15, 0.2) is 0 Å². The van der Waals surface area contributed by atoms with Crippen molar-refractivity contribution in [3.63, 3.8) is 0 Å². The average molecular weight is 318 g/mol. The van der Waals surface area contributed by atoms with Crippen LogP contribution in [-0.4, -0.2) is 17.5 Å². The molecule has 4 nitrogen and oxygen atoms in total. The molecule has 0 bridgehead atoms. The zero-order valence-corrected chi connectivity index (χ0v) is 13.9. The Hall–Kier alpha value is -1.88. The molecule has 2 rings (SSSR count). The van der Waals surface area contributed by atoms with Gasteiger partial charge in [0.2, 0.25) is 5.91 Å². The van der Waals surface area contributed by atoms with Crippen LogP contribution in [0.3, 0.4) is 0 Å². The first kappa shape index (κ1) is 16.5. The van der Waals surface area contributed by atoms with Gasteiger partial charge >= 0.3 is 0 Å². The number of hydrogen-bond acceptors (Lipinski definition) is 4. The topological polar surface area (TPSA) is 51.2 Å². The summed E-state index contributed by atoms with van der Waals surface area (Å²) in [5.41, 5.74) is 1.09. The minimum atomic E-state index is 0.0398. The molecule has 0 fully saturated rings. The summed E-state index contributed by atoms with van der Waals surface area (Å²) in [6.07, 6.45) is 1.17. The average Bonchev–Trinajstić information content (AvgIpc) is 3.00. The van der Waals surface area contributed by atoms with Gasteiger partial charge in [-0.15, -0.1) is 11.3 Å². The van der Waals surface area contributed by atoms with Crippen LogP contribution in [0.1, 0.15) is 43.3 Å². The van der Waals surface area contributed by atoms with Gasteiger partial charge < -0.3 is 10.1 Å². The molecule has 5 heteroatoms. The number of para-hydroxylation sites is 1. The number of thiazole rings is 1. The molecular formula is C17H22N2O2S. The maximum Gasteiger partial charge on any atom is 0.220 e. The number of aromatic nitrogens is 1. The van der Waals surface area contributed by atoms with Crippen molar-refractivity contribution in [1.82, 2.24) is 10.3 Å². The summed E-state index contributed by atoms with van der Waals surface area (Å²) in [7, 11) is 0. The molecule has 0 aliphatic rings. The highest BCUT2D eigenvalue weighted by atomic mass is 32.1. The summed E-state index contributed by atoms with van der Waals surface area (Å²) in [4.78, 5) is 16.3. The minimum Gasteiger partial charge on any atom is -0.494 e. The third-order valence-electron chi connectivity index (χ3n) is 3.16. The molecule has 0 saturated carbocycles. The van der Waals surface area contributed by atoms with Crippen molar-refractivity contribution in [1.29, 1.82) is 0 Å². The van der Waals surface area contributed by atoms with Gasteiger partial charge in [0.25, 0.3) is 0 Å². The fourth-order valence-electron chi connectivity index (χ4n) is 1.87. The molecule has 2 aromatic rings.